The van der Waals surface area contributed by atoms with E-state index >= 15 is 0 Å². The van der Waals surface area contributed by atoms with E-state index in [4.69, 9.17) is 9.47 Å². The summed E-state index contributed by atoms with van der Waals surface area (Å²) in [6.45, 7) is 9.50. The van der Waals surface area contributed by atoms with Crippen molar-refractivity contribution in [3.63, 3.8) is 0 Å². The molecule has 2 aromatic carbocycles. The van der Waals surface area contributed by atoms with E-state index in [1.165, 1.54) is 11.8 Å². The van der Waals surface area contributed by atoms with Crippen LogP contribution in [0.15, 0.2) is 54.6 Å². The molecule has 3 rings (SSSR count). The molecule has 222 valence electrons. The van der Waals surface area contributed by atoms with Crippen molar-refractivity contribution in [2.75, 3.05) is 24.2 Å². The minimum absolute atomic E-state index is 0.182. The van der Waals surface area contributed by atoms with Gasteiger partial charge in [0.25, 0.3) is 0 Å². The van der Waals surface area contributed by atoms with Gasteiger partial charge in [-0.15, -0.1) is 11.8 Å². The van der Waals surface area contributed by atoms with Gasteiger partial charge in [0.2, 0.25) is 5.91 Å². The Morgan fingerprint density at radius 3 is 2.49 bits per heavy atom. The summed E-state index contributed by atoms with van der Waals surface area (Å²) in [5.41, 5.74) is 1.37. The third-order valence-corrected chi connectivity index (χ3v) is 8.06. The standard InChI is InChI=1S/C31H41N3O6S/c1-6-7-16-31(28(37)40-30(3,4)5)34(17-18-41-31)26(35)20-32-29(38)33-25-15-11-14-24(19-25)22(2)27(36)39-21-23-12-9-8-10-13-23/h8-15,19,22H,6-7,16-18,20-21H2,1-5H3,(H2,32,33,38). The van der Waals surface area contributed by atoms with Gasteiger partial charge in [-0.1, -0.05) is 55.8 Å². The number of unbranched alkanes of at least 4 members (excludes halogenated alkanes) is 1. The number of thioether (sulfide) groups is 1. The molecule has 2 aromatic rings. The number of benzene rings is 2. The Bertz CT molecular complexity index is 1220. The van der Waals surface area contributed by atoms with E-state index in [0.29, 0.717) is 30.0 Å². The highest BCUT2D eigenvalue weighted by molar-refractivity contribution is 8.01. The van der Waals surface area contributed by atoms with Gasteiger partial charge in [0.05, 0.1) is 12.5 Å². The van der Waals surface area contributed by atoms with Crippen molar-refractivity contribution >= 4 is 41.3 Å². The molecule has 9 nitrogen and oxygen atoms in total. The first kappa shape index (κ1) is 32.0. The second-order valence-corrected chi connectivity index (χ2v) is 12.4. The fourth-order valence-electron chi connectivity index (χ4n) is 4.45. The van der Waals surface area contributed by atoms with Crippen LogP contribution < -0.4 is 10.6 Å². The quantitative estimate of drug-likeness (QED) is 0.338. The third-order valence-electron chi connectivity index (χ3n) is 6.60. The van der Waals surface area contributed by atoms with Gasteiger partial charge in [0.15, 0.2) is 4.87 Å². The van der Waals surface area contributed by atoms with Crippen molar-refractivity contribution in [2.45, 2.75) is 76.9 Å². The van der Waals surface area contributed by atoms with E-state index in [1.807, 2.05) is 37.3 Å². The smallest absolute Gasteiger partial charge is 0.343 e. The number of amides is 3. The van der Waals surface area contributed by atoms with Gasteiger partial charge >= 0.3 is 18.0 Å². The number of urea groups is 1. The van der Waals surface area contributed by atoms with Crippen LogP contribution >= 0.6 is 11.8 Å². The number of anilines is 1. The van der Waals surface area contributed by atoms with Gasteiger partial charge in [-0.25, -0.2) is 9.59 Å². The second-order valence-electron chi connectivity index (χ2n) is 11.0. The van der Waals surface area contributed by atoms with Crippen LogP contribution in [0.1, 0.15) is 70.9 Å². The Labute approximate surface area is 246 Å². The summed E-state index contributed by atoms with van der Waals surface area (Å²) in [4.78, 5) is 52.2. The Balaban J connectivity index is 1.58. The van der Waals surface area contributed by atoms with Crippen LogP contribution in [-0.4, -0.2) is 58.1 Å². The molecule has 41 heavy (non-hydrogen) atoms. The zero-order valence-electron chi connectivity index (χ0n) is 24.5. The van der Waals surface area contributed by atoms with Crippen LogP contribution in [0.5, 0.6) is 0 Å². The first-order chi connectivity index (χ1) is 19.4. The highest BCUT2D eigenvalue weighted by Crippen LogP contribution is 2.42. The van der Waals surface area contributed by atoms with E-state index in [-0.39, 0.29) is 25.0 Å². The molecule has 0 aliphatic carbocycles. The zero-order chi connectivity index (χ0) is 30.0. The molecule has 1 aliphatic heterocycles. The maximum absolute atomic E-state index is 13.3. The highest BCUT2D eigenvalue weighted by atomic mass is 32.2. The van der Waals surface area contributed by atoms with E-state index in [0.717, 1.165) is 18.4 Å². The van der Waals surface area contributed by atoms with E-state index in [9.17, 15) is 19.2 Å². The molecule has 2 atom stereocenters. The van der Waals surface area contributed by atoms with Crippen molar-refractivity contribution in [3.05, 3.63) is 65.7 Å². The number of ether oxygens (including phenoxy) is 2. The van der Waals surface area contributed by atoms with Gasteiger partial charge in [-0.05, 0) is 63.8 Å². The summed E-state index contributed by atoms with van der Waals surface area (Å²) in [6, 6.07) is 15.8. The molecule has 3 amide bonds. The minimum Gasteiger partial charge on any atom is -0.460 e. The van der Waals surface area contributed by atoms with Gasteiger partial charge in [-0.3, -0.25) is 9.59 Å². The Kier molecular flexibility index (Phi) is 11.2. The van der Waals surface area contributed by atoms with E-state index < -0.39 is 28.4 Å². The summed E-state index contributed by atoms with van der Waals surface area (Å²) in [5, 5.41) is 5.32. The number of carbonyl (C=O) groups excluding carboxylic acids is 4. The van der Waals surface area contributed by atoms with Gasteiger partial charge in [0, 0.05) is 18.0 Å². The number of nitrogens with one attached hydrogen (secondary N) is 2. The first-order valence-corrected chi connectivity index (χ1v) is 15.0. The summed E-state index contributed by atoms with van der Waals surface area (Å²) in [5.74, 6) is -1.08. The Hall–Kier alpha value is -3.53. The number of hydrogen-bond donors (Lipinski definition) is 2. The minimum atomic E-state index is -1.10. The molecule has 1 aliphatic rings. The summed E-state index contributed by atoms with van der Waals surface area (Å²) >= 11 is 1.42. The molecule has 0 spiro atoms. The van der Waals surface area contributed by atoms with Crippen LogP contribution in [0.3, 0.4) is 0 Å². The lowest BCUT2D eigenvalue weighted by molar-refractivity contribution is -0.166. The molecule has 0 aromatic heterocycles. The van der Waals surface area contributed by atoms with Crippen LogP contribution in [0.25, 0.3) is 0 Å². The molecule has 1 fully saturated rings. The van der Waals surface area contributed by atoms with Crippen molar-refractivity contribution in [3.8, 4) is 0 Å². The maximum atomic E-state index is 13.3. The lowest BCUT2D eigenvalue weighted by atomic mass is 10.0. The van der Waals surface area contributed by atoms with Gasteiger partial charge in [-0.2, -0.15) is 0 Å². The predicted molar refractivity (Wildman–Crippen MR) is 160 cm³/mol. The molecule has 2 unspecified atom stereocenters. The first-order valence-electron chi connectivity index (χ1n) is 14.0. The lowest BCUT2D eigenvalue weighted by Gasteiger charge is -2.37. The number of hydrogen-bond acceptors (Lipinski definition) is 7. The van der Waals surface area contributed by atoms with Crippen LogP contribution in [0.2, 0.25) is 0 Å². The fourth-order valence-corrected chi connectivity index (χ4v) is 5.85. The molecule has 0 bridgehead atoms. The molecule has 1 saturated heterocycles. The normalized spacial score (nSPS) is 17.4. The number of esters is 2. The maximum Gasteiger partial charge on any atom is 0.343 e. The molecule has 2 N–H and O–H groups in total. The Morgan fingerprint density at radius 1 is 1.07 bits per heavy atom. The van der Waals surface area contributed by atoms with Crippen LogP contribution in [-0.2, 0) is 30.5 Å². The molecular formula is C31H41N3O6S. The molecule has 0 radical (unpaired) electrons. The molecule has 10 heteroatoms. The molecule has 1 heterocycles. The van der Waals surface area contributed by atoms with Crippen LogP contribution in [0, 0.1) is 0 Å². The Morgan fingerprint density at radius 2 is 1.80 bits per heavy atom. The average molecular weight is 584 g/mol. The van der Waals surface area contributed by atoms with E-state index in [1.54, 1.807) is 56.9 Å². The largest absolute Gasteiger partial charge is 0.460 e. The second kappa shape index (κ2) is 14.4. The van der Waals surface area contributed by atoms with E-state index in [2.05, 4.69) is 10.6 Å². The van der Waals surface area contributed by atoms with Crippen molar-refractivity contribution in [2.24, 2.45) is 0 Å². The summed E-state index contributed by atoms with van der Waals surface area (Å²) in [6.07, 6.45) is 2.12. The van der Waals surface area contributed by atoms with Crippen molar-refractivity contribution in [1.82, 2.24) is 10.2 Å². The molecular weight excluding hydrogens is 542 g/mol. The average Bonchev–Trinajstić information content (AvgIpc) is 3.38. The van der Waals surface area contributed by atoms with Crippen LogP contribution in [0.4, 0.5) is 10.5 Å². The number of nitrogens with zero attached hydrogens (tertiary/aromatic N) is 1. The lowest BCUT2D eigenvalue weighted by Crippen LogP contribution is -2.55. The van der Waals surface area contributed by atoms with Gasteiger partial charge in [0.1, 0.15) is 12.2 Å². The third kappa shape index (κ3) is 8.98. The number of rotatable bonds is 11. The predicted octanol–water partition coefficient (Wildman–Crippen LogP) is 5.46. The SMILES string of the molecule is CCCCC1(C(=O)OC(C)(C)C)SCCN1C(=O)CNC(=O)Nc1cccc(C(C)C(=O)OCc2ccccc2)c1. The monoisotopic (exact) mass is 583 g/mol. The summed E-state index contributed by atoms with van der Waals surface area (Å²) < 4.78 is 11.2. The fraction of sp³-hybridized carbons (Fsp3) is 0.484. The topological polar surface area (TPSA) is 114 Å². The molecule has 0 saturated carbocycles. The van der Waals surface area contributed by atoms with Crippen molar-refractivity contribution in [1.29, 1.82) is 0 Å². The summed E-state index contributed by atoms with van der Waals surface area (Å²) in [7, 11) is 0. The zero-order valence-corrected chi connectivity index (χ0v) is 25.3. The number of carbonyl (C=O) groups is 4. The highest BCUT2D eigenvalue weighted by Gasteiger charge is 2.52. The van der Waals surface area contributed by atoms with Crippen molar-refractivity contribution < 1.29 is 28.7 Å². The van der Waals surface area contributed by atoms with Gasteiger partial charge < -0.3 is 25.0 Å².